The van der Waals surface area contributed by atoms with Crippen LogP contribution < -0.4 is 9.62 Å². The Balaban J connectivity index is 2.90. The van der Waals surface area contributed by atoms with Crippen LogP contribution in [0.4, 0.5) is 5.69 Å². The van der Waals surface area contributed by atoms with Crippen LogP contribution in [-0.4, -0.2) is 33.7 Å². The van der Waals surface area contributed by atoms with Gasteiger partial charge >= 0.3 is 0 Å². The van der Waals surface area contributed by atoms with Gasteiger partial charge < -0.3 is 5.32 Å². The maximum Gasteiger partial charge on any atom is 0.232 e. The molecule has 0 fully saturated rings. The highest BCUT2D eigenvalue weighted by atomic mass is 35.5. The number of benzene rings is 1. The third kappa shape index (κ3) is 5.73. The highest BCUT2D eigenvalue weighted by molar-refractivity contribution is 7.92. The van der Waals surface area contributed by atoms with Gasteiger partial charge in [-0.2, -0.15) is 0 Å². The molecule has 0 radical (unpaired) electrons. The number of amides is 1. The van der Waals surface area contributed by atoms with Gasteiger partial charge in [-0.05, 0) is 24.6 Å². The number of hydrogen-bond acceptors (Lipinski definition) is 3. The highest BCUT2D eigenvalue weighted by Gasteiger charge is 2.21. The van der Waals surface area contributed by atoms with Gasteiger partial charge in [0.05, 0.1) is 17.0 Å². The van der Waals surface area contributed by atoms with Gasteiger partial charge in [-0.15, -0.1) is 0 Å². The van der Waals surface area contributed by atoms with Crippen molar-refractivity contribution in [2.24, 2.45) is 0 Å². The molecule has 8 heteroatoms. The molecule has 0 aromatic heterocycles. The molecule has 0 aliphatic carbocycles. The number of nitrogens with one attached hydrogen (secondary N) is 1. The van der Waals surface area contributed by atoms with Crippen LogP contribution >= 0.6 is 23.2 Å². The second-order valence-electron chi connectivity index (χ2n) is 4.53. The molecule has 0 spiro atoms. The number of carbonyl (C=O) groups excluding carboxylic acids is 1. The van der Waals surface area contributed by atoms with E-state index in [1.807, 2.05) is 6.92 Å². The molecule has 0 saturated carbocycles. The Morgan fingerprint density at radius 1 is 1.33 bits per heavy atom. The second-order valence-corrected chi connectivity index (χ2v) is 7.28. The van der Waals surface area contributed by atoms with Crippen LogP contribution in [0.3, 0.4) is 0 Å². The van der Waals surface area contributed by atoms with Crippen molar-refractivity contribution in [2.45, 2.75) is 19.8 Å². The summed E-state index contributed by atoms with van der Waals surface area (Å²) >= 11 is 11.8. The zero-order chi connectivity index (χ0) is 16.0. The lowest BCUT2D eigenvalue weighted by Crippen LogP contribution is -2.35. The van der Waals surface area contributed by atoms with Gasteiger partial charge in [0.25, 0.3) is 0 Å². The molecule has 0 aliphatic heterocycles. The average Bonchev–Trinajstić information content (AvgIpc) is 2.37. The lowest BCUT2D eigenvalue weighted by Gasteiger charge is -2.23. The summed E-state index contributed by atoms with van der Waals surface area (Å²) in [6.07, 6.45) is 1.96. The van der Waals surface area contributed by atoms with Gasteiger partial charge in [0, 0.05) is 24.5 Å². The van der Waals surface area contributed by atoms with E-state index in [4.69, 9.17) is 23.2 Å². The van der Waals surface area contributed by atoms with Crippen LogP contribution in [0.1, 0.15) is 19.8 Å². The van der Waals surface area contributed by atoms with Crippen LogP contribution in [0.2, 0.25) is 10.0 Å². The number of sulfonamides is 1. The second kappa shape index (κ2) is 7.87. The van der Waals surface area contributed by atoms with Gasteiger partial charge in [-0.25, -0.2) is 8.42 Å². The van der Waals surface area contributed by atoms with E-state index < -0.39 is 10.0 Å². The normalized spacial score (nSPS) is 11.2. The fourth-order valence-electron chi connectivity index (χ4n) is 1.70. The SMILES string of the molecule is CCCNC(=O)CCN(c1ccc(Cl)cc1Cl)S(C)(=O)=O. The molecular weight excluding hydrogens is 335 g/mol. The standard InChI is InChI=1S/C13H18Cl2N2O3S/c1-3-7-16-13(18)6-8-17(21(2,19)20)12-5-4-10(14)9-11(12)15/h4-5,9H,3,6-8H2,1-2H3,(H,16,18). The van der Waals surface area contributed by atoms with E-state index in [-0.39, 0.29) is 23.9 Å². The largest absolute Gasteiger partial charge is 0.356 e. The minimum atomic E-state index is -3.54. The summed E-state index contributed by atoms with van der Waals surface area (Å²) < 4.78 is 24.9. The predicted octanol–water partition coefficient (Wildman–Crippen LogP) is 2.68. The van der Waals surface area contributed by atoms with Crippen molar-refractivity contribution in [3.8, 4) is 0 Å². The Labute approximate surface area is 135 Å². The van der Waals surface area contributed by atoms with E-state index >= 15 is 0 Å². The summed E-state index contributed by atoms with van der Waals surface area (Å²) in [4.78, 5) is 11.6. The molecule has 0 bridgehead atoms. The third-order valence-electron chi connectivity index (χ3n) is 2.69. The molecule has 1 N–H and O–H groups in total. The van der Waals surface area contributed by atoms with Crippen LogP contribution in [0.15, 0.2) is 18.2 Å². The summed E-state index contributed by atoms with van der Waals surface area (Å²) in [5, 5.41) is 3.34. The Hall–Kier alpha value is -0.980. The molecule has 21 heavy (non-hydrogen) atoms. The van der Waals surface area contributed by atoms with Crippen molar-refractivity contribution in [2.75, 3.05) is 23.7 Å². The maximum absolute atomic E-state index is 11.9. The van der Waals surface area contributed by atoms with E-state index in [0.29, 0.717) is 17.3 Å². The van der Waals surface area contributed by atoms with Crippen molar-refractivity contribution in [3.63, 3.8) is 0 Å². The summed E-state index contributed by atoms with van der Waals surface area (Å²) in [6, 6.07) is 4.54. The molecule has 0 unspecified atom stereocenters. The molecule has 1 aromatic rings. The molecule has 0 heterocycles. The van der Waals surface area contributed by atoms with Crippen molar-refractivity contribution in [3.05, 3.63) is 28.2 Å². The number of nitrogens with zero attached hydrogens (tertiary/aromatic N) is 1. The number of anilines is 1. The molecule has 118 valence electrons. The number of halogens is 2. The summed E-state index contributed by atoms with van der Waals surface area (Å²) in [7, 11) is -3.54. The van der Waals surface area contributed by atoms with Gasteiger partial charge in [-0.1, -0.05) is 30.1 Å². The Morgan fingerprint density at radius 2 is 2.00 bits per heavy atom. The Kier molecular flexibility index (Phi) is 6.77. The predicted molar refractivity (Wildman–Crippen MR) is 86.6 cm³/mol. The molecular formula is C13H18Cl2N2O3S. The smallest absolute Gasteiger partial charge is 0.232 e. The molecule has 1 rings (SSSR count). The fraction of sp³-hybridized carbons (Fsp3) is 0.462. The lowest BCUT2D eigenvalue weighted by atomic mass is 10.3. The summed E-state index contributed by atoms with van der Waals surface area (Å²) in [5.74, 6) is -0.199. The lowest BCUT2D eigenvalue weighted by molar-refractivity contribution is -0.120. The number of carbonyl (C=O) groups is 1. The van der Waals surface area contributed by atoms with Crippen molar-refractivity contribution >= 4 is 44.8 Å². The first-order valence-electron chi connectivity index (χ1n) is 6.45. The molecule has 0 atom stereocenters. The van der Waals surface area contributed by atoms with Gasteiger partial charge in [0.1, 0.15) is 0 Å². The molecule has 1 amide bonds. The van der Waals surface area contributed by atoms with Gasteiger partial charge in [0.2, 0.25) is 15.9 Å². The van der Waals surface area contributed by atoms with Gasteiger partial charge in [-0.3, -0.25) is 9.10 Å². The molecule has 5 nitrogen and oxygen atoms in total. The van der Waals surface area contributed by atoms with Crippen molar-refractivity contribution < 1.29 is 13.2 Å². The minimum absolute atomic E-state index is 0.0235. The maximum atomic E-state index is 11.9. The summed E-state index contributed by atoms with van der Waals surface area (Å²) in [6.45, 7) is 2.53. The highest BCUT2D eigenvalue weighted by Crippen LogP contribution is 2.30. The van der Waals surface area contributed by atoms with Crippen LogP contribution in [0.5, 0.6) is 0 Å². The third-order valence-corrected chi connectivity index (χ3v) is 4.41. The first-order valence-corrected chi connectivity index (χ1v) is 9.05. The monoisotopic (exact) mass is 352 g/mol. The Bertz CT molecular complexity index is 605. The van der Waals surface area contributed by atoms with Crippen LogP contribution in [-0.2, 0) is 14.8 Å². The van der Waals surface area contributed by atoms with E-state index in [1.54, 1.807) is 6.07 Å². The van der Waals surface area contributed by atoms with E-state index in [2.05, 4.69) is 5.32 Å². The first kappa shape index (κ1) is 18.1. The van der Waals surface area contributed by atoms with E-state index in [1.165, 1.54) is 12.1 Å². The molecule has 0 saturated heterocycles. The fourth-order valence-corrected chi connectivity index (χ4v) is 3.20. The summed E-state index contributed by atoms with van der Waals surface area (Å²) in [5.41, 5.74) is 0.312. The number of hydrogen-bond donors (Lipinski definition) is 1. The molecule has 0 aliphatic rings. The van der Waals surface area contributed by atoms with E-state index in [9.17, 15) is 13.2 Å². The van der Waals surface area contributed by atoms with Gasteiger partial charge in [0.15, 0.2) is 0 Å². The van der Waals surface area contributed by atoms with E-state index in [0.717, 1.165) is 17.0 Å². The quantitative estimate of drug-likeness (QED) is 0.820. The zero-order valence-corrected chi connectivity index (χ0v) is 14.2. The van der Waals surface area contributed by atoms with Crippen molar-refractivity contribution in [1.82, 2.24) is 5.32 Å². The minimum Gasteiger partial charge on any atom is -0.356 e. The zero-order valence-electron chi connectivity index (χ0n) is 11.9. The topological polar surface area (TPSA) is 66.5 Å². The van der Waals surface area contributed by atoms with Crippen molar-refractivity contribution in [1.29, 1.82) is 0 Å². The first-order chi connectivity index (χ1) is 9.75. The number of rotatable bonds is 7. The Morgan fingerprint density at radius 3 is 2.52 bits per heavy atom. The molecule has 1 aromatic carbocycles. The van der Waals surface area contributed by atoms with Crippen LogP contribution in [0, 0.1) is 0 Å². The average molecular weight is 353 g/mol. The van der Waals surface area contributed by atoms with Crippen LogP contribution in [0.25, 0.3) is 0 Å².